The van der Waals surface area contributed by atoms with Crippen LogP contribution in [-0.2, 0) is 12.0 Å². The van der Waals surface area contributed by atoms with Crippen LogP contribution in [0.1, 0.15) is 43.5 Å². The molecule has 0 radical (unpaired) electrons. The second-order valence-electron chi connectivity index (χ2n) is 6.16. The van der Waals surface area contributed by atoms with Crippen LogP contribution in [0.5, 0.6) is 0 Å². The molecule has 0 aromatic carbocycles. The molecule has 2 aromatic heterocycles. The topological polar surface area (TPSA) is 89.6 Å². The van der Waals surface area contributed by atoms with Gasteiger partial charge in [0, 0.05) is 17.2 Å². The summed E-state index contributed by atoms with van der Waals surface area (Å²) in [6.45, 7) is 10.6. The van der Waals surface area contributed by atoms with Crippen LogP contribution in [0.15, 0.2) is 12.4 Å². The third kappa shape index (κ3) is 3.65. The molecule has 0 saturated heterocycles. The summed E-state index contributed by atoms with van der Waals surface area (Å²) in [4.78, 5) is 17.5. The number of nitrogens with one attached hydrogen (secondary N) is 1. The molecule has 0 atom stereocenters. The minimum Gasteiger partial charge on any atom is -0.383 e. The highest BCUT2D eigenvalue weighted by Gasteiger charge is 2.20. The first kappa shape index (κ1) is 15.2. The zero-order valence-electron chi connectivity index (χ0n) is 13.2. The van der Waals surface area contributed by atoms with Crippen molar-refractivity contribution in [2.24, 2.45) is 0 Å². The summed E-state index contributed by atoms with van der Waals surface area (Å²) in [5.41, 5.74) is 8.44. The van der Waals surface area contributed by atoms with Gasteiger partial charge >= 0.3 is 0 Å². The van der Waals surface area contributed by atoms with Gasteiger partial charge in [0.25, 0.3) is 0 Å². The van der Waals surface area contributed by atoms with Crippen LogP contribution in [0.2, 0.25) is 0 Å². The van der Waals surface area contributed by atoms with E-state index in [1.165, 1.54) is 0 Å². The number of hydrogen-bond donors (Lipinski definition) is 2. The van der Waals surface area contributed by atoms with E-state index < -0.39 is 0 Å². The average molecular weight is 286 g/mol. The fraction of sp³-hybridized carbons (Fsp3) is 0.467. The average Bonchev–Trinajstić information content (AvgIpc) is 2.41. The number of nitrogens with two attached hydrogens (primary N) is 1. The summed E-state index contributed by atoms with van der Waals surface area (Å²) in [5, 5.41) is 3.27. The number of anilines is 2. The lowest BCUT2D eigenvalue weighted by Gasteiger charge is -2.19. The first-order valence-electron chi connectivity index (χ1n) is 6.93. The molecule has 2 heterocycles. The molecule has 0 spiro atoms. The van der Waals surface area contributed by atoms with Crippen molar-refractivity contribution in [1.82, 2.24) is 19.9 Å². The Balaban J connectivity index is 2.23. The van der Waals surface area contributed by atoms with Crippen LogP contribution in [0.4, 0.5) is 11.6 Å². The van der Waals surface area contributed by atoms with Gasteiger partial charge in [-0.05, 0) is 13.8 Å². The third-order valence-corrected chi connectivity index (χ3v) is 3.13. The van der Waals surface area contributed by atoms with Crippen LogP contribution in [-0.4, -0.2) is 19.9 Å². The zero-order chi connectivity index (χ0) is 15.6. The highest BCUT2D eigenvalue weighted by atomic mass is 15.1. The first-order chi connectivity index (χ1) is 9.77. The largest absolute Gasteiger partial charge is 0.383 e. The van der Waals surface area contributed by atoms with Crippen molar-refractivity contribution in [2.45, 2.75) is 46.6 Å². The van der Waals surface area contributed by atoms with Crippen molar-refractivity contribution < 1.29 is 0 Å². The number of nitrogen functional groups attached to an aromatic ring is 1. The van der Waals surface area contributed by atoms with Crippen LogP contribution in [0.3, 0.4) is 0 Å². The van der Waals surface area contributed by atoms with Gasteiger partial charge in [-0.3, -0.25) is 9.97 Å². The maximum atomic E-state index is 5.99. The Labute approximate surface area is 125 Å². The quantitative estimate of drug-likeness (QED) is 0.900. The maximum Gasteiger partial charge on any atom is 0.138 e. The number of aromatic nitrogens is 4. The molecule has 21 heavy (non-hydrogen) atoms. The van der Waals surface area contributed by atoms with Crippen molar-refractivity contribution in [3.8, 4) is 0 Å². The van der Waals surface area contributed by atoms with Crippen molar-refractivity contribution >= 4 is 11.6 Å². The molecule has 2 aromatic rings. The Hall–Kier alpha value is -2.24. The lowest BCUT2D eigenvalue weighted by Crippen LogP contribution is -2.19. The molecule has 0 fully saturated rings. The normalized spacial score (nSPS) is 11.5. The van der Waals surface area contributed by atoms with E-state index in [1.54, 1.807) is 12.4 Å². The molecule has 0 saturated carbocycles. The molecule has 6 heteroatoms. The molecule has 2 rings (SSSR count). The lowest BCUT2D eigenvalue weighted by molar-refractivity contribution is 0.546. The standard InChI is InChI=1S/C15H22N6/c1-9-6-18-11(7-17-9)8-19-13-10(2)12(16)20-14(21-13)15(3,4)5/h6-7H,8H2,1-5H3,(H3,16,19,20,21). The van der Waals surface area contributed by atoms with Crippen molar-refractivity contribution in [1.29, 1.82) is 0 Å². The smallest absolute Gasteiger partial charge is 0.138 e. The van der Waals surface area contributed by atoms with E-state index >= 15 is 0 Å². The minimum atomic E-state index is -0.151. The zero-order valence-corrected chi connectivity index (χ0v) is 13.2. The minimum absolute atomic E-state index is 0.151. The first-order valence-corrected chi connectivity index (χ1v) is 6.93. The van der Waals surface area contributed by atoms with Gasteiger partial charge in [0.1, 0.15) is 17.5 Å². The maximum absolute atomic E-state index is 5.99. The molecular weight excluding hydrogens is 264 g/mol. The Morgan fingerprint density at radius 3 is 2.38 bits per heavy atom. The predicted molar refractivity (Wildman–Crippen MR) is 84.0 cm³/mol. The summed E-state index contributed by atoms with van der Waals surface area (Å²) in [6.07, 6.45) is 3.51. The van der Waals surface area contributed by atoms with Crippen LogP contribution in [0.25, 0.3) is 0 Å². The summed E-state index contributed by atoms with van der Waals surface area (Å²) >= 11 is 0. The highest BCUT2D eigenvalue weighted by molar-refractivity contribution is 5.55. The predicted octanol–water partition coefficient (Wildman–Crippen LogP) is 2.38. The van der Waals surface area contributed by atoms with Gasteiger partial charge in [0.05, 0.1) is 24.1 Å². The van der Waals surface area contributed by atoms with E-state index in [1.807, 2.05) is 13.8 Å². The van der Waals surface area contributed by atoms with Crippen molar-refractivity contribution in [3.63, 3.8) is 0 Å². The SMILES string of the molecule is Cc1cnc(CNc2nc(C(C)(C)C)nc(N)c2C)cn1. The summed E-state index contributed by atoms with van der Waals surface area (Å²) in [6, 6.07) is 0. The fourth-order valence-corrected chi connectivity index (χ4v) is 1.73. The molecule has 0 amide bonds. The molecule has 3 N–H and O–H groups in total. The van der Waals surface area contributed by atoms with Crippen molar-refractivity contribution in [3.05, 3.63) is 35.2 Å². The fourth-order valence-electron chi connectivity index (χ4n) is 1.73. The van der Waals surface area contributed by atoms with E-state index in [4.69, 9.17) is 5.73 Å². The Morgan fingerprint density at radius 2 is 1.81 bits per heavy atom. The third-order valence-electron chi connectivity index (χ3n) is 3.13. The van der Waals surface area contributed by atoms with Gasteiger partial charge in [-0.25, -0.2) is 9.97 Å². The van der Waals surface area contributed by atoms with Gasteiger partial charge < -0.3 is 11.1 Å². The van der Waals surface area contributed by atoms with Gasteiger partial charge in [-0.15, -0.1) is 0 Å². The van der Waals surface area contributed by atoms with Gasteiger partial charge in [0.2, 0.25) is 0 Å². The number of aryl methyl sites for hydroxylation is 1. The number of nitrogens with zero attached hydrogens (tertiary/aromatic N) is 4. The Bertz CT molecular complexity index is 628. The highest BCUT2D eigenvalue weighted by Crippen LogP contribution is 2.24. The molecule has 0 bridgehead atoms. The van der Waals surface area contributed by atoms with Gasteiger partial charge in [-0.1, -0.05) is 20.8 Å². The molecule has 0 aliphatic rings. The Kier molecular flexibility index (Phi) is 4.06. The Morgan fingerprint density at radius 1 is 1.10 bits per heavy atom. The molecule has 112 valence electrons. The molecular formula is C15H22N6. The lowest BCUT2D eigenvalue weighted by atomic mass is 9.95. The molecule has 6 nitrogen and oxygen atoms in total. The monoisotopic (exact) mass is 286 g/mol. The molecule has 0 aliphatic carbocycles. The van der Waals surface area contributed by atoms with E-state index in [-0.39, 0.29) is 5.41 Å². The second-order valence-corrected chi connectivity index (χ2v) is 6.16. The number of hydrogen-bond acceptors (Lipinski definition) is 6. The van der Waals surface area contributed by atoms with E-state index in [9.17, 15) is 0 Å². The molecule has 0 unspecified atom stereocenters. The molecule has 0 aliphatic heterocycles. The second kappa shape index (κ2) is 5.63. The van der Waals surface area contributed by atoms with Crippen LogP contribution < -0.4 is 11.1 Å². The van der Waals surface area contributed by atoms with Crippen LogP contribution in [0, 0.1) is 13.8 Å². The van der Waals surface area contributed by atoms with E-state index in [2.05, 4.69) is 46.0 Å². The van der Waals surface area contributed by atoms with Gasteiger partial charge in [0.15, 0.2) is 0 Å². The summed E-state index contributed by atoms with van der Waals surface area (Å²) in [7, 11) is 0. The summed E-state index contributed by atoms with van der Waals surface area (Å²) in [5.74, 6) is 1.98. The van der Waals surface area contributed by atoms with Crippen LogP contribution >= 0.6 is 0 Å². The van der Waals surface area contributed by atoms with Crippen molar-refractivity contribution in [2.75, 3.05) is 11.1 Å². The van der Waals surface area contributed by atoms with E-state index in [0.29, 0.717) is 12.4 Å². The summed E-state index contributed by atoms with van der Waals surface area (Å²) < 4.78 is 0. The van der Waals surface area contributed by atoms with Gasteiger partial charge in [-0.2, -0.15) is 0 Å². The van der Waals surface area contributed by atoms with E-state index in [0.717, 1.165) is 28.6 Å². The number of rotatable bonds is 3.